The lowest BCUT2D eigenvalue weighted by Crippen LogP contribution is -2.36. The number of aliphatic hydroxyl groups is 4. The van der Waals surface area contributed by atoms with E-state index in [9.17, 15) is 24.9 Å². The minimum atomic E-state index is -1.38. The van der Waals surface area contributed by atoms with Gasteiger partial charge < -0.3 is 54.7 Å². The average Bonchev–Trinajstić information content (AvgIpc) is 2.88. The highest BCUT2D eigenvalue weighted by atomic mass is 16.6. The number of nitrogens with one attached hydrogen (secondary N) is 2. The van der Waals surface area contributed by atoms with Gasteiger partial charge in [-0.15, -0.1) is 0 Å². The van der Waals surface area contributed by atoms with E-state index in [4.69, 9.17) is 28.8 Å². The van der Waals surface area contributed by atoms with Gasteiger partial charge in [-0.2, -0.15) is 0 Å². The molecule has 3 atom stereocenters. The van der Waals surface area contributed by atoms with Crippen molar-refractivity contribution in [2.45, 2.75) is 57.7 Å². The van der Waals surface area contributed by atoms with Gasteiger partial charge in [-0.3, -0.25) is 4.79 Å². The summed E-state index contributed by atoms with van der Waals surface area (Å²) in [7, 11) is 1.53. The molecule has 0 aliphatic carbocycles. The summed E-state index contributed by atoms with van der Waals surface area (Å²) in [5, 5.41) is 43.5. The molecule has 6 N–H and O–H groups in total. The molecule has 0 aliphatic rings. The van der Waals surface area contributed by atoms with Crippen molar-refractivity contribution in [3.63, 3.8) is 0 Å². The monoisotopic (exact) mass is 560 g/mol. The normalized spacial score (nSPS) is 13.8. The van der Waals surface area contributed by atoms with Gasteiger partial charge in [0.05, 0.1) is 57.9 Å². The Morgan fingerprint density at radius 2 is 1.56 bits per heavy atom. The third-order valence-electron chi connectivity index (χ3n) is 5.05. The van der Waals surface area contributed by atoms with Crippen LogP contribution in [0.4, 0.5) is 4.79 Å². The number of ether oxygens (including phenoxy) is 5. The lowest BCUT2D eigenvalue weighted by molar-refractivity contribution is -0.0393. The number of rotatable bonds is 19. The first-order chi connectivity index (χ1) is 18.5. The second-order valence-corrected chi connectivity index (χ2v) is 9.65. The Labute approximate surface area is 229 Å². The summed E-state index contributed by atoms with van der Waals surface area (Å²) in [6.45, 7) is 6.11. The zero-order valence-electron chi connectivity index (χ0n) is 23.2. The largest absolute Gasteiger partial charge is 0.487 e. The number of amides is 2. The molecule has 1 rings (SSSR count). The minimum absolute atomic E-state index is 0.161. The van der Waals surface area contributed by atoms with Crippen LogP contribution >= 0.6 is 0 Å². The van der Waals surface area contributed by atoms with E-state index in [1.54, 1.807) is 39.0 Å². The van der Waals surface area contributed by atoms with E-state index in [0.717, 1.165) is 5.56 Å². The molecule has 224 valence electrons. The van der Waals surface area contributed by atoms with Crippen LogP contribution in [0.3, 0.4) is 0 Å². The molecular weight excluding hydrogens is 516 g/mol. The van der Waals surface area contributed by atoms with Crippen LogP contribution in [0.15, 0.2) is 18.2 Å². The predicted molar refractivity (Wildman–Crippen MR) is 141 cm³/mol. The smallest absolute Gasteiger partial charge is 0.407 e. The summed E-state index contributed by atoms with van der Waals surface area (Å²) in [4.78, 5) is 24.4. The highest BCUT2D eigenvalue weighted by Crippen LogP contribution is 2.23. The van der Waals surface area contributed by atoms with Crippen LogP contribution < -0.4 is 15.4 Å². The molecule has 0 spiro atoms. The Kier molecular flexibility index (Phi) is 16.6. The van der Waals surface area contributed by atoms with E-state index in [-0.39, 0.29) is 37.5 Å². The van der Waals surface area contributed by atoms with Gasteiger partial charge in [0.15, 0.2) is 0 Å². The maximum Gasteiger partial charge on any atom is 0.407 e. The molecular formula is C26H44N2O11. The van der Waals surface area contributed by atoms with Crippen LogP contribution in [0.1, 0.15) is 43.1 Å². The van der Waals surface area contributed by atoms with Crippen molar-refractivity contribution in [2.24, 2.45) is 0 Å². The number of benzene rings is 1. The molecule has 0 bridgehead atoms. The zero-order valence-corrected chi connectivity index (χ0v) is 23.2. The van der Waals surface area contributed by atoms with Crippen molar-refractivity contribution >= 4 is 12.0 Å². The fraction of sp³-hybridized carbons (Fsp3) is 0.692. The maximum absolute atomic E-state index is 12.9. The summed E-state index contributed by atoms with van der Waals surface area (Å²) >= 11 is 0. The van der Waals surface area contributed by atoms with E-state index in [1.165, 1.54) is 7.11 Å². The van der Waals surface area contributed by atoms with Crippen molar-refractivity contribution < 1.29 is 53.7 Å². The van der Waals surface area contributed by atoms with Gasteiger partial charge in [0.25, 0.3) is 5.91 Å². The van der Waals surface area contributed by atoms with Gasteiger partial charge in [0, 0.05) is 26.6 Å². The summed E-state index contributed by atoms with van der Waals surface area (Å²) in [5.41, 5.74) is 0.355. The molecule has 2 amide bonds. The highest BCUT2D eigenvalue weighted by Gasteiger charge is 2.23. The van der Waals surface area contributed by atoms with Crippen molar-refractivity contribution in [3.8, 4) is 5.75 Å². The fourth-order valence-electron chi connectivity index (χ4n) is 3.19. The van der Waals surface area contributed by atoms with Crippen molar-refractivity contribution in [1.29, 1.82) is 0 Å². The first kappa shape index (κ1) is 34.5. The molecule has 0 radical (unpaired) electrons. The van der Waals surface area contributed by atoms with Gasteiger partial charge >= 0.3 is 6.09 Å². The van der Waals surface area contributed by atoms with E-state index in [2.05, 4.69) is 10.6 Å². The lowest BCUT2D eigenvalue weighted by atomic mass is 10.1. The molecule has 0 saturated carbocycles. The summed E-state index contributed by atoms with van der Waals surface area (Å²) < 4.78 is 26.8. The molecule has 0 aromatic heterocycles. The molecule has 0 saturated heterocycles. The number of carbonyl (C=O) groups is 2. The van der Waals surface area contributed by atoms with Crippen LogP contribution in [0.2, 0.25) is 0 Å². The molecule has 39 heavy (non-hydrogen) atoms. The lowest BCUT2D eigenvalue weighted by Gasteiger charge is -2.23. The topological polar surface area (TPSA) is 185 Å². The average molecular weight is 561 g/mol. The van der Waals surface area contributed by atoms with Gasteiger partial charge in [0.1, 0.15) is 23.6 Å². The van der Waals surface area contributed by atoms with Crippen molar-refractivity contribution in [3.05, 3.63) is 29.3 Å². The first-order valence-corrected chi connectivity index (χ1v) is 12.8. The quantitative estimate of drug-likeness (QED) is 0.125. The van der Waals surface area contributed by atoms with Crippen LogP contribution in [-0.2, 0) is 25.6 Å². The van der Waals surface area contributed by atoms with E-state index in [0.29, 0.717) is 26.4 Å². The van der Waals surface area contributed by atoms with Crippen molar-refractivity contribution in [1.82, 2.24) is 10.6 Å². The fourth-order valence-corrected chi connectivity index (χ4v) is 3.19. The summed E-state index contributed by atoms with van der Waals surface area (Å²) in [5.74, 6) is -0.268. The molecule has 1 aromatic carbocycles. The minimum Gasteiger partial charge on any atom is -0.487 e. The van der Waals surface area contributed by atoms with Crippen LogP contribution in [-0.4, -0.2) is 116 Å². The Hall–Kier alpha value is -2.52. The van der Waals surface area contributed by atoms with Crippen molar-refractivity contribution in [2.75, 3.05) is 59.8 Å². The Morgan fingerprint density at radius 1 is 0.923 bits per heavy atom. The number of alkyl carbamates (subject to hydrolysis) is 1. The zero-order chi connectivity index (χ0) is 29.3. The number of aliphatic hydroxyl groups excluding tert-OH is 4. The molecule has 13 nitrogen and oxygen atoms in total. The number of hydrogen-bond donors (Lipinski definition) is 6. The standard InChI is InChI=1S/C26H44N2O11/c1-26(2,3)39-25(34)28-8-10-37-12-11-36-9-7-27-24(33)20-13-18(17-35-4)5-6-23(20)38-19(15-29)14-21(31)22(32)16-30/h5-6,13,19,21-22,29-32H,7-12,14-17H2,1-4H3,(H,27,33)(H,28,34)/t19?,21?,22-/m0/s1. The van der Waals surface area contributed by atoms with Gasteiger partial charge in [-0.05, 0) is 38.5 Å². The number of carbonyl (C=O) groups excluding carboxylic acids is 2. The first-order valence-electron chi connectivity index (χ1n) is 12.8. The van der Waals surface area contributed by atoms with E-state index < -0.39 is 49.1 Å². The Morgan fingerprint density at radius 3 is 2.13 bits per heavy atom. The third kappa shape index (κ3) is 15.0. The number of methoxy groups -OCH3 is 1. The van der Waals surface area contributed by atoms with E-state index in [1.807, 2.05) is 0 Å². The summed E-state index contributed by atoms with van der Waals surface area (Å²) in [6.07, 6.45) is -4.30. The second kappa shape index (κ2) is 18.7. The van der Waals surface area contributed by atoms with Gasteiger partial charge in [-0.25, -0.2) is 4.79 Å². The predicted octanol–water partition coefficient (Wildman–Crippen LogP) is -0.0354. The second-order valence-electron chi connectivity index (χ2n) is 9.65. The summed E-state index contributed by atoms with van der Waals surface area (Å²) in [6, 6.07) is 4.86. The molecule has 0 aliphatic heterocycles. The van der Waals surface area contributed by atoms with Crippen LogP contribution in [0.5, 0.6) is 5.75 Å². The molecule has 1 aromatic rings. The molecule has 13 heteroatoms. The maximum atomic E-state index is 12.9. The Balaban J connectivity index is 2.48. The van der Waals surface area contributed by atoms with E-state index >= 15 is 0 Å². The van der Waals surface area contributed by atoms with Gasteiger partial charge in [0.2, 0.25) is 0 Å². The van der Waals surface area contributed by atoms with Crippen LogP contribution in [0.25, 0.3) is 0 Å². The van der Waals surface area contributed by atoms with Crippen LogP contribution in [0, 0.1) is 0 Å². The molecule has 0 heterocycles. The molecule has 0 fully saturated rings. The third-order valence-corrected chi connectivity index (χ3v) is 5.05. The SMILES string of the molecule is COCc1ccc(OC(CO)CC(O)[C@@H](O)CO)c(C(=O)NCCOCCOCCNC(=O)OC(C)(C)C)c1. The number of hydrogen-bond acceptors (Lipinski definition) is 11. The Bertz CT molecular complexity index is 848. The van der Waals surface area contributed by atoms with Gasteiger partial charge in [-0.1, -0.05) is 6.07 Å². The molecule has 2 unspecified atom stereocenters. The highest BCUT2D eigenvalue weighted by molar-refractivity contribution is 5.97.